The number of phenolic OH excluding ortho intramolecular Hbond substituents is 1. The molecule has 198 valence electrons. The largest absolute Gasteiger partial charge is 0.508 e. The number of methoxy groups -OCH3 is 1. The van der Waals surface area contributed by atoms with E-state index in [4.69, 9.17) is 9.47 Å². The Balaban J connectivity index is 2.49. The summed E-state index contributed by atoms with van der Waals surface area (Å²) in [6.45, 7) is 8.04. The van der Waals surface area contributed by atoms with Crippen molar-refractivity contribution in [3.63, 3.8) is 0 Å². The lowest BCUT2D eigenvalue weighted by Gasteiger charge is -2.34. The summed E-state index contributed by atoms with van der Waals surface area (Å²) in [6, 6.07) is 12.1. The number of carbonyl (C=O) groups excluding carboxylic acids is 3. The smallest absolute Gasteiger partial charge is 0.408 e. The molecule has 0 saturated heterocycles. The Morgan fingerprint density at radius 1 is 1.08 bits per heavy atom. The molecule has 0 saturated carbocycles. The van der Waals surface area contributed by atoms with Crippen molar-refractivity contribution in [1.82, 2.24) is 10.2 Å². The summed E-state index contributed by atoms with van der Waals surface area (Å²) < 4.78 is 10.4. The molecule has 2 aromatic rings. The number of benzene rings is 2. The maximum absolute atomic E-state index is 13.8. The molecule has 3 amide bonds. The molecule has 0 bridgehead atoms. The fraction of sp³-hybridized carbons (Fsp3) is 0.407. The molecule has 10 heteroatoms. The number of nitrogens with one attached hydrogen (secondary N) is 2. The van der Waals surface area contributed by atoms with Crippen LogP contribution in [0.1, 0.15) is 46.2 Å². The summed E-state index contributed by atoms with van der Waals surface area (Å²) in [5.74, 6) is -1.38. The van der Waals surface area contributed by atoms with Gasteiger partial charge in [0.15, 0.2) is 0 Å². The number of anilines is 1. The number of carbonyl (C=O) groups is 3. The van der Waals surface area contributed by atoms with E-state index in [9.17, 15) is 24.8 Å². The highest BCUT2D eigenvalue weighted by atomic mass is 16.6. The number of aromatic hydroxyl groups is 1. The second-order valence-corrected chi connectivity index (χ2v) is 9.67. The molecule has 0 fully saturated rings. The summed E-state index contributed by atoms with van der Waals surface area (Å²) in [6.07, 6.45) is -0.807. The van der Waals surface area contributed by atoms with E-state index in [1.54, 1.807) is 71.0 Å². The molecule has 0 spiro atoms. The Morgan fingerprint density at radius 3 is 2.22 bits per heavy atom. The topological polar surface area (TPSA) is 141 Å². The van der Waals surface area contributed by atoms with Gasteiger partial charge in [-0.15, -0.1) is 0 Å². The first-order valence-electron chi connectivity index (χ1n) is 11.8. The molecule has 2 unspecified atom stereocenters. The van der Waals surface area contributed by atoms with Crippen LogP contribution in [0.25, 0.3) is 0 Å². The van der Waals surface area contributed by atoms with Crippen molar-refractivity contribution in [1.29, 1.82) is 5.26 Å². The van der Waals surface area contributed by atoms with E-state index < -0.39 is 48.1 Å². The van der Waals surface area contributed by atoms with Gasteiger partial charge in [-0.3, -0.25) is 9.59 Å². The average Bonchev–Trinajstić information content (AvgIpc) is 2.82. The molecule has 0 aromatic heterocycles. The standard InChI is InChI=1S/C27H34N4O6/c1-17(2)22(30-26(35)37-27(3,4)5)25(34)31(16-15-28)23(20-9-7-8-10-21(20)32)24(33)29-18-11-13-19(36-6)14-12-18/h7-14,17,22-23,32H,16H2,1-6H3,(H,29,33)(H,30,35). The molecular formula is C27H34N4O6. The van der Waals surface area contributed by atoms with Crippen LogP contribution < -0.4 is 15.4 Å². The first-order chi connectivity index (χ1) is 17.4. The van der Waals surface area contributed by atoms with Crippen LogP contribution in [-0.2, 0) is 14.3 Å². The Bertz CT molecular complexity index is 1130. The summed E-state index contributed by atoms with van der Waals surface area (Å²) in [5, 5.41) is 25.4. The average molecular weight is 511 g/mol. The third-order valence-corrected chi connectivity index (χ3v) is 5.28. The lowest BCUT2D eigenvalue weighted by Crippen LogP contribution is -2.54. The first kappa shape index (κ1) is 29.0. The molecule has 10 nitrogen and oxygen atoms in total. The van der Waals surface area contributed by atoms with Crippen LogP contribution in [0, 0.1) is 17.2 Å². The lowest BCUT2D eigenvalue weighted by atomic mass is 9.98. The van der Waals surface area contributed by atoms with E-state index in [2.05, 4.69) is 10.6 Å². The van der Waals surface area contributed by atoms with E-state index in [1.165, 1.54) is 19.2 Å². The lowest BCUT2D eigenvalue weighted by molar-refractivity contribution is -0.141. The predicted molar refractivity (Wildman–Crippen MR) is 138 cm³/mol. The van der Waals surface area contributed by atoms with Gasteiger partial charge >= 0.3 is 6.09 Å². The van der Waals surface area contributed by atoms with Gasteiger partial charge in [-0.05, 0) is 57.0 Å². The quantitative estimate of drug-likeness (QED) is 0.433. The Hall–Kier alpha value is -4.26. The van der Waals surface area contributed by atoms with E-state index in [-0.39, 0.29) is 11.3 Å². The maximum atomic E-state index is 13.8. The Morgan fingerprint density at radius 2 is 1.70 bits per heavy atom. The molecule has 0 aliphatic carbocycles. The predicted octanol–water partition coefficient (Wildman–Crippen LogP) is 3.98. The van der Waals surface area contributed by atoms with Gasteiger partial charge in [-0.2, -0.15) is 5.26 Å². The number of phenols is 1. The molecule has 2 rings (SSSR count). The third-order valence-electron chi connectivity index (χ3n) is 5.28. The summed E-state index contributed by atoms with van der Waals surface area (Å²) in [7, 11) is 1.52. The van der Waals surface area contributed by atoms with Gasteiger partial charge in [0.2, 0.25) is 5.91 Å². The minimum Gasteiger partial charge on any atom is -0.508 e. The second-order valence-electron chi connectivity index (χ2n) is 9.67. The van der Waals surface area contributed by atoms with Gasteiger partial charge < -0.3 is 30.1 Å². The van der Waals surface area contributed by atoms with Gasteiger partial charge in [0.1, 0.15) is 35.7 Å². The molecule has 0 aliphatic rings. The van der Waals surface area contributed by atoms with E-state index in [0.717, 1.165) is 4.90 Å². The monoisotopic (exact) mass is 510 g/mol. The highest BCUT2D eigenvalue weighted by Gasteiger charge is 2.38. The normalized spacial score (nSPS) is 12.6. The van der Waals surface area contributed by atoms with E-state index in [1.807, 2.05) is 6.07 Å². The molecule has 2 atom stereocenters. The van der Waals surface area contributed by atoms with Crippen molar-refractivity contribution in [3.8, 4) is 17.6 Å². The molecular weight excluding hydrogens is 476 g/mol. The molecule has 0 aliphatic heterocycles. The number of rotatable bonds is 9. The van der Waals surface area contributed by atoms with Crippen LogP contribution in [0.2, 0.25) is 0 Å². The molecule has 0 heterocycles. The third kappa shape index (κ3) is 8.14. The van der Waals surface area contributed by atoms with Crippen molar-refractivity contribution in [3.05, 3.63) is 54.1 Å². The van der Waals surface area contributed by atoms with Gasteiger partial charge in [0.05, 0.1) is 13.2 Å². The number of alkyl carbamates (subject to hydrolysis) is 1. The highest BCUT2D eigenvalue weighted by molar-refractivity contribution is 5.99. The Labute approximate surface area is 217 Å². The highest BCUT2D eigenvalue weighted by Crippen LogP contribution is 2.31. The number of para-hydroxylation sites is 1. The van der Waals surface area contributed by atoms with Crippen LogP contribution in [0.3, 0.4) is 0 Å². The first-order valence-corrected chi connectivity index (χ1v) is 11.8. The van der Waals surface area contributed by atoms with Gasteiger partial charge in [0.25, 0.3) is 5.91 Å². The number of nitrogens with zero attached hydrogens (tertiary/aromatic N) is 2. The number of nitriles is 1. The van der Waals surface area contributed by atoms with E-state index >= 15 is 0 Å². The molecule has 37 heavy (non-hydrogen) atoms. The number of amides is 3. The fourth-order valence-corrected chi connectivity index (χ4v) is 3.55. The van der Waals surface area contributed by atoms with Crippen molar-refractivity contribution < 1.29 is 29.0 Å². The van der Waals surface area contributed by atoms with Crippen molar-refractivity contribution in [2.24, 2.45) is 5.92 Å². The van der Waals surface area contributed by atoms with Crippen molar-refractivity contribution >= 4 is 23.6 Å². The maximum Gasteiger partial charge on any atom is 0.408 e. The minimum absolute atomic E-state index is 0.122. The zero-order chi connectivity index (χ0) is 27.8. The van der Waals surface area contributed by atoms with Crippen LogP contribution in [-0.4, -0.2) is 53.2 Å². The van der Waals surface area contributed by atoms with Crippen LogP contribution in [0.4, 0.5) is 10.5 Å². The van der Waals surface area contributed by atoms with E-state index in [0.29, 0.717) is 11.4 Å². The summed E-state index contributed by atoms with van der Waals surface area (Å²) in [5.41, 5.74) is -0.253. The number of hydrogen-bond acceptors (Lipinski definition) is 7. The zero-order valence-corrected chi connectivity index (χ0v) is 21.9. The minimum atomic E-state index is -1.38. The van der Waals surface area contributed by atoms with Crippen molar-refractivity contribution in [2.75, 3.05) is 19.0 Å². The van der Waals surface area contributed by atoms with Crippen LogP contribution >= 0.6 is 0 Å². The Kier molecular flexibility index (Phi) is 9.89. The number of ether oxygens (including phenoxy) is 2. The fourth-order valence-electron chi connectivity index (χ4n) is 3.55. The van der Waals surface area contributed by atoms with Crippen LogP contribution in [0.5, 0.6) is 11.5 Å². The molecule has 0 radical (unpaired) electrons. The zero-order valence-electron chi connectivity index (χ0n) is 21.9. The summed E-state index contributed by atoms with van der Waals surface area (Å²) >= 11 is 0. The van der Waals surface area contributed by atoms with Gasteiger partial charge in [-0.1, -0.05) is 32.0 Å². The van der Waals surface area contributed by atoms with Gasteiger partial charge in [-0.25, -0.2) is 4.79 Å². The SMILES string of the molecule is COc1ccc(NC(=O)C(c2ccccc2O)N(CC#N)C(=O)C(NC(=O)OC(C)(C)C)C(C)C)cc1. The molecule has 3 N–H and O–H groups in total. The van der Waals surface area contributed by atoms with Crippen molar-refractivity contribution in [2.45, 2.75) is 52.3 Å². The summed E-state index contributed by atoms with van der Waals surface area (Å²) in [4.78, 5) is 40.9. The second kappa shape index (κ2) is 12.6. The molecule has 2 aromatic carbocycles. The number of hydrogen-bond donors (Lipinski definition) is 3. The van der Waals surface area contributed by atoms with Gasteiger partial charge in [0, 0.05) is 11.3 Å². The van der Waals surface area contributed by atoms with Crippen LogP contribution in [0.15, 0.2) is 48.5 Å².